The number of hydrogen-bond donors (Lipinski definition) is 1. The standard InChI is InChI=1S/C19H17ClN2O2S/c1-2-24-15-9-7-13(8-10-15)18(23)22-19-21-12-16(25-19)11-14-5-3-4-6-17(14)20/h3-10,12H,2,11H2,1H3,(H,21,22,23). The molecule has 0 saturated carbocycles. The summed E-state index contributed by atoms with van der Waals surface area (Å²) < 4.78 is 5.38. The molecule has 3 rings (SSSR count). The number of anilines is 1. The van der Waals surface area contributed by atoms with Gasteiger partial charge in [-0.1, -0.05) is 29.8 Å². The van der Waals surface area contributed by atoms with E-state index in [1.165, 1.54) is 11.3 Å². The SMILES string of the molecule is CCOc1ccc(C(=O)Nc2ncc(Cc3ccccc3Cl)s2)cc1. The number of hydrogen-bond acceptors (Lipinski definition) is 4. The summed E-state index contributed by atoms with van der Waals surface area (Å²) in [6.45, 7) is 2.52. The average Bonchev–Trinajstić information content (AvgIpc) is 3.05. The fourth-order valence-corrected chi connectivity index (χ4v) is 3.35. The molecule has 1 aromatic heterocycles. The Kier molecular flexibility index (Phi) is 5.68. The van der Waals surface area contributed by atoms with Crippen molar-refractivity contribution in [2.24, 2.45) is 0 Å². The monoisotopic (exact) mass is 372 g/mol. The van der Waals surface area contributed by atoms with Crippen LogP contribution in [0.15, 0.2) is 54.7 Å². The first-order chi connectivity index (χ1) is 12.2. The fraction of sp³-hybridized carbons (Fsp3) is 0.158. The predicted octanol–water partition coefficient (Wildman–Crippen LogP) is 5.04. The molecule has 1 N–H and O–H groups in total. The van der Waals surface area contributed by atoms with Gasteiger partial charge in [0.15, 0.2) is 5.13 Å². The molecule has 0 bridgehead atoms. The number of nitrogens with one attached hydrogen (secondary N) is 1. The molecule has 0 atom stereocenters. The third kappa shape index (κ3) is 4.59. The summed E-state index contributed by atoms with van der Waals surface area (Å²) in [6.07, 6.45) is 2.46. The normalized spacial score (nSPS) is 10.5. The van der Waals surface area contributed by atoms with E-state index in [1.807, 2.05) is 31.2 Å². The van der Waals surface area contributed by atoms with Crippen LogP contribution in [0.2, 0.25) is 5.02 Å². The number of nitrogens with zero attached hydrogens (tertiary/aromatic N) is 1. The van der Waals surface area contributed by atoms with Crippen molar-refractivity contribution in [3.05, 3.63) is 75.8 Å². The van der Waals surface area contributed by atoms with Crippen molar-refractivity contribution < 1.29 is 9.53 Å². The van der Waals surface area contributed by atoms with Gasteiger partial charge in [0, 0.05) is 28.1 Å². The zero-order valence-corrected chi connectivity index (χ0v) is 15.2. The van der Waals surface area contributed by atoms with Gasteiger partial charge in [0.05, 0.1) is 6.61 Å². The summed E-state index contributed by atoms with van der Waals surface area (Å²) in [7, 11) is 0. The van der Waals surface area contributed by atoms with Crippen molar-refractivity contribution in [3.63, 3.8) is 0 Å². The summed E-state index contributed by atoms with van der Waals surface area (Å²) in [5.74, 6) is 0.553. The van der Waals surface area contributed by atoms with Gasteiger partial charge in [-0.25, -0.2) is 4.98 Å². The molecule has 0 spiro atoms. The van der Waals surface area contributed by atoms with E-state index in [0.717, 1.165) is 21.2 Å². The Morgan fingerprint density at radius 3 is 2.68 bits per heavy atom. The number of amides is 1. The number of ether oxygens (including phenoxy) is 1. The number of carbonyl (C=O) groups is 1. The van der Waals surface area contributed by atoms with Crippen molar-refractivity contribution in [1.82, 2.24) is 4.98 Å². The highest BCUT2D eigenvalue weighted by Gasteiger charge is 2.10. The molecule has 128 valence electrons. The summed E-state index contributed by atoms with van der Waals surface area (Å²) >= 11 is 7.63. The Balaban J connectivity index is 1.64. The van der Waals surface area contributed by atoms with Crippen LogP contribution in [0, 0.1) is 0 Å². The van der Waals surface area contributed by atoms with Crippen LogP contribution in [0.3, 0.4) is 0 Å². The van der Waals surface area contributed by atoms with E-state index in [4.69, 9.17) is 16.3 Å². The van der Waals surface area contributed by atoms with Crippen LogP contribution in [0.25, 0.3) is 0 Å². The first-order valence-electron chi connectivity index (χ1n) is 7.88. The van der Waals surface area contributed by atoms with Gasteiger partial charge in [-0.05, 0) is 42.8 Å². The Labute approximate surface area is 155 Å². The first-order valence-corrected chi connectivity index (χ1v) is 9.07. The minimum Gasteiger partial charge on any atom is -0.494 e. The molecule has 3 aromatic rings. The van der Waals surface area contributed by atoms with Crippen LogP contribution < -0.4 is 10.1 Å². The fourth-order valence-electron chi connectivity index (χ4n) is 2.31. The maximum atomic E-state index is 12.3. The van der Waals surface area contributed by atoms with Crippen molar-refractivity contribution in [2.45, 2.75) is 13.3 Å². The van der Waals surface area contributed by atoms with Gasteiger partial charge in [0.2, 0.25) is 0 Å². The first kappa shape index (κ1) is 17.5. The highest BCUT2D eigenvalue weighted by atomic mass is 35.5. The number of carbonyl (C=O) groups excluding carboxylic acids is 1. The molecule has 0 radical (unpaired) electrons. The Hall–Kier alpha value is -2.37. The van der Waals surface area contributed by atoms with E-state index in [-0.39, 0.29) is 5.91 Å². The molecular weight excluding hydrogens is 356 g/mol. The molecule has 0 aliphatic rings. The highest BCUT2D eigenvalue weighted by Crippen LogP contribution is 2.25. The van der Waals surface area contributed by atoms with E-state index in [1.54, 1.807) is 30.5 Å². The minimum atomic E-state index is -0.193. The maximum absolute atomic E-state index is 12.3. The topological polar surface area (TPSA) is 51.2 Å². The Bertz CT molecular complexity index is 862. The maximum Gasteiger partial charge on any atom is 0.257 e. The zero-order chi connectivity index (χ0) is 17.6. The second-order valence-corrected chi connectivity index (χ2v) is 6.83. The molecule has 0 saturated heterocycles. The van der Waals surface area contributed by atoms with Crippen LogP contribution in [0.1, 0.15) is 27.7 Å². The van der Waals surface area contributed by atoms with Gasteiger partial charge in [0.25, 0.3) is 5.91 Å². The molecule has 4 nitrogen and oxygen atoms in total. The molecule has 0 fully saturated rings. The van der Waals surface area contributed by atoms with Gasteiger partial charge >= 0.3 is 0 Å². The number of benzene rings is 2. The number of thiazole rings is 1. The predicted molar refractivity (Wildman–Crippen MR) is 102 cm³/mol. The van der Waals surface area contributed by atoms with Gasteiger partial charge in [0.1, 0.15) is 5.75 Å². The highest BCUT2D eigenvalue weighted by molar-refractivity contribution is 7.15. The number of aromatic nitrogens is 1. The lowest BCUT2D eigenvalue weighted by molar-refractivity contribution is 0.102. The van der Waals surface area contributed by atoms with E-state index in [2.05, 4.69) is 10.3 Å². The lowest BCUT2D eigenvalue weighted by Gasteiger charge is -2.05. The van der Waals surface area contributed by atoms with E-state index in [0.29, 0.717) is 23.7 Å². The van der Waals surface area contributed by atoms with Crippen molar-refractivity contribution in [1.29, 1.82) is 0 Å². The Morgan fingerprint density at radius 1 is 1.20 bits per heavy atom. The quantitative estimate of drug-likeness (QED) is 0.659. The smallest absolute Gasteiger partial charge is 0.257 e. The molecule has 2 aromatic carbocycles. The van der Waals surface area contributed by atoms with Crippen molar-refractivity contribution in [2.75, 3.05) is 11.9 Å². The third-order valence-corrected chi connectivity index (χ3v) is 4.81. The molecule has 0 aliphatic carbocycles. The van der Waals surface area contributed by atoms with Gasteiger partial charge in [-0.3, -0.25) is 10.1 Å². The molecule has 6 heteroatoms. The van der Waals surface area contributed by atoms with E-state index >= 15 is 0 Å². The van der Waals surface area contributed by atoms with Crippen LogP contribution >= 0.6 is 22.9 Å². The molecule has 1 amide bonds. The van der Waals surface area contributed by atoms with E-state index in [9.17, 15) is 4.79 Å². The van der Waals surface area contributed by atoms with Crippen molar-refractivity contribution in [3.8, 4) is 5.75 Å². The third-order valence-electron chi connectivity index (χ3n) is 3.52. The zero-order valence-electron chi connectivity index (χ0n) is 13.7. The number of halogens is 1. The second-order valence-electron chi connectivity index (χ2n) is 5.31. The van der Waals surface area contributed by atoms with Gasteiger partial charge in [-0.15, -0.1) is 11.3 Å². The molecule has 0 unspecified atom stereocenters. The summed E-state index contributed by atoms with van der Waals surface area (Å²) in [5, 5.41) is 4.13. The molecular formula is C19H17ClN2O2S. The summed E-state index contributed by atoms with van der Waals surface area (Å²) in [5.41, 5.74) is 1.60. The average molecular weight is 373 g/mol. The minimum absolute atomic E-state index is 0.193. The van der Waals surface area contributed by atoms with Gasteiger partial charge < -0.3 is 4.74 Å². The largest absolute Gasteiger partial charge is 0.494 e. The van der Waals surface area contributed by atoms with Crippen LogP contribution in [-0.4, -0.2) is 17.5 Å². The van der Waals surface area contributed by atoms with Crippen LogP contribution in [-0.2, 0) is 6.42 Å². The van der Waals surface area contributed by atoms with Crippen LogP contribution in [0.5, 0.6) is 5.75 Å². The van der Waals surface area contributed by atoms with Gasteiger partial charge in [-0.2, -0.15) is 0 Å². The van der Waals surface area contributed by atoms with Crippen molar-refractivity contribution >= 4 is 34.0 Å². The van der Waals surface area contributed by atoms with E-state index < -0.39 is 0 Å². The molecule has 0 aliphatic heterocycles. The summed E-state index contributed by atoms with van der Waals surface area (Å²) in [6, 6.07) is 14.7. The lowest BCUT2D eigenvalue weighted by Crippen LogP contribution is -2.11. The lowest BCUT2D eigenvalue weighted by atomic mass is 10.1. The Morgan fingerprint density at radius 2 is 1.96 bits per heavy atom. The number of rotatable bonds is 6. The summed E-state index contributed by atoms with van der Waals surface area (Å²) in [4.78, 5) is 17.6. The molecule has 25 heavy (non-hydrogen) atoms. The van der Waals surface area contributed by atoms with Crippen LogP contribution in [0.4, 0.5) is 5.13 Å². The second kappa shape index (κ2) is 8.14. The molecule has 1 heterocycles.